The van der Waals surface area contributed by atoms with E-state index < -0.39 is 104 Å². The Bertz CT molecular complexity index is 1970. The second-order valence-electron chi connectivity index (χ2n) is 11.7. The molecule has 2 heterocycles. The summed E-state index contributed by atoms with van der Waals surface area (Å²) in [5, 5.41) is 11.0. The van der Waals surface area contributed by atoms with Crippen LogP contribution in [-0.4, -0.2) is 38.5 Å². The molecule has 0 bridgehead atoms. The second-order valence-corrected chi connectivity index (χ2v) is 14.2. The Hall–Kier alpha value is -3.56. The van der Waals surface area contributed by atoms with Crippen molar-refractivity contribution in [2.24, 2.45) is 17.8 Å². The quantitative estimate of drug-likeness (QED) is 0.0625. The summed E-state index contributed by atoms with van der Waals surface area (Å²) < 4.78 is 73.7. The summed E-state index contributed by atoms with van der Waals surface area (Å²) in [7, 11) is 0. The number of hydrogen-bond acceptors (Lipinski definition) is 5. The van der Waals surface area contributed by atoms with Gasteiger partial charge < -0.3 is 5.11 Å². The molecule has 1 N–H and O–H groups in total. The number of imide groups is 2. The molecule has 4 aliphatic rings. The zero-order valence-corrected chi connectivity index (χ0v) is 27.1. The first-order valence-electron chi connectivity index (χ1n) is 14.1. The minimum atomic E-state index is -2.71. The first-order valence-corrected chi connectivity index (χ1v) is 15.9. The fourth-order valence-corrected chi connectivity index (χ4v) is 8.77. The number of benzene rings is 3. The van der Waals surface area contributed by atoms with Crippen LogP contribution in [0.5, 0.6) is 5.75 Å². The minimum Gasteiger partial charge on any atom is -0.508 e. The van der Waals surface area contributed by atoms with Crippen molar-refractivity contribution in [3.8, 4) is 5.75 Å². The van der Waals surface area contributed by atoms with Crippen LogP contribution in [0.15, 0.2) is 60.2 Å². The van der Waals surface area contributed by atoms with Crippen molar-refractivity contribution in [3.05, 3.63) is 98.4 Å². The molecule has 4 amide bonds. The normalized spacial score (nSPS) is 30.0. The number of aromatic hydroxyl groups is 1. The number of para-hydroxylation sites is 1. The zero-order chi connectivity index (χ0) is 33.9. The van der Waals surface area contributed by atoms with E-state index in [0.717, 1.165) is 8.47 Å². The van der Waals surface area contributed by atoms with Gasteiger partial charge in [-0.25, -0.2) is 26.9 Å². The van der Waals surface area contributed by atoms with E-state index in [4.69, 9.17) is 23.2 Å². The van der Waals surface area contributed by atoms with E-state index in [-0.39, 0.29) is 22.5 Å². The highest BCUT2D eigenvalue weighted by molar-refractivity contribution is 14.1. The number of nitrogens with zero attached hydrogens (tertiary/aromatic N) is 2. The molecular weight excluding hydrogens is 785 g/mol. The number of carbonyl (C=O) groups is 4. The molecule has 47 heavy (non-hydrogen) atoms. The maximum Gasteiger partial charge on any atom is 0.258 e. The van der Waals surface area contributed by atoms with Gasteiger partial charge in [-0.05, 0) is 71.7 Å². The molecule has 3 aromatic carbocycles. The molecule has 6 unspecified atom stereocenters. The molecule has 242 valence electrons. The van der Waals surface area contributed by atoms with E-state index in [9.17, 15) is 37.5 Å². The van der Waals surface area contributed by atoms with Gasteiger partial charge in [-0.2, -0.15) is 0 Å². The predicted molar refractivity (Wildman–Crippen MR) is 166 cm³/mol. The molecule has 7 nitrogen and oxygen atoms in total. The smallest absolute Gasteiger partial charge is 0.258 e. The van der Waals surface area contributed by atoms with Crippen LogP contribution in [0.25, 0.3) is 0 Å². The summed E-state index contributed by atoms with van der Waals surface area (Å²) in [6.45, 7) is 0. The third-order valence-corrected chi connectivity index (χ3v) is 11.7. The van der Waals surface area contributed by atoms with E-state index in [1.807, 2.05) is 0 Å². The van der Waals surface area contributed by atoms with Gasteiger partial charge in [0.2, 0.25) is 17.6 Å². The number of halogens is 8. The van der Waals surface area contributed by atoms with Crippen molar-refractivity contribution in [2.45, 2.75) is 28.5 Å². The molecule has 2 aliphatic carbocycles. The van der Waals surface area contributed by atoms with Gasteiger partial charge in [0, 0.05) is 15.1 Å². The topological polar surface area (TPSA) is 95.0 Å². The number of rotatable bonds is 3. The number of allylic oxidation sites excluding steroid dienone is 2. The molecule has 2 saturated heterocycles. The zero-order valence-electron chi connectivity index (χ0n) is 23.4. The number of hydrogen-bond donors (Lipinski definition) is 1. The van der Waals surface area contributed by atoms with Crippen LogP contribution in [-0.2, 0) is 19.2 Å². The van der Waals surface area contributed by atoms with Crippen LogP contribution in [0.2, 0.25) is 0 Å². The fraction of sp³-hybridized carbons (Fsp3) is 0.250. The third-order valence-electron chi connectivity index (χ3n) is 9.55. The molecule has 6 atom stereocenters. The van der Waals surface area contributed by atoms with Crippen molar-refractivity contribution < 1.29 is 46.2 Å². The molecular formula is C32H18Cl2F5IN2O5. The monoisotopic (exact) mass is 802 g/mol. The Morgan fingerprint density at radius 2 is 1.36 bits per heavy atom. The lowest BCUT2D eigenvalue weighted by Gasteiger charge is -2.50. The summed E-state index contributed by atoms with van der Waals surface area (Å²) in [4.78, 5) is 51.5. The van der Waals surface area contributed by atoms with E-state index in [0.29, 0.717) is 5.69 Å². The van der Waals surface area contributed by atoms with Crippen LogP contribution in [0.3, 0.4) is 0 Å². The van der Waals surface area contributed by atoms with Crippen LogP contribution in [0.4, 0.5) is 33.3 Å². The molecule has 1 saturated carbocycles. The SMILES string of the molecule is O=C1C2CC=C3C(CC4(Cl)C(=O)N(c5c(F)c(F)c(F)c(F)c5F)C(=O)C4(Cl)C3c3ccccc3O)C2C(=O)N1c1ccc(I)cc1. The maximum atomic E-state index is 15.1. The van der Waals surface area contributed by atoms with E-state index in [1.165, 1.54) is 24.3 Å². The van der Waals surface area contributed by atoms with Crippen molar-refractivity contribution in [3.63, 3.8) is 0 Å². The summed E-state index contributed by atoms with van der Waals surface area (Å²) in [5.74, 6) is -21.8. The van der Waals surface area contributed by atoms with Gasteiger partial charge in [-0.15, -0.1) is 23.2 Å². The van der Waals surface area contributed by atoms with Gasteiger partial charge in [-0.1, -0.05) is 29.8 Å². The number of alkyl halides is 2. The Morgan fingerprint density at radius 3 is 1.98 bits per heavy atom. The second kappa shape index (κ2) is 10.7. The lowest BCUT2D eigenvalue weighted by atomic mass is 9.56. The van der Waals surface area contributed by atoms with E-state index in [2.05, 4.69) is 22.6 Å². The lowest BCUT2D eigenvalue weighted by molar-refractivity contribution is -0.125. The van der Waals surface area contributed by atoms with Crippen molar-refractivity contribution in [1.82, 2.24) is 0 Å². The highest BCUT2D eigenvalue weighted by Gasteiger charge is 2.77. The summed E-state index contributed by atoms with van der Waals surface area (Å²) >= 11 is 16.2. The molecule has 2 aliphatic heterocycles. The van der Waals surface area contributed by atoms with Crippen molar-refractivity contribution >= 4 is 80.8 Å². The predicted octanol–water partition coefficient (Wildman–Crippen LogP) is 6.46. The minimum absolute atomic E-state index is 0.0161. The number of carbonyl (C=O) groups excluding carboxylic acids is 4. The average Bonchev–Trinajstić information content (AvgIpc) is 3.38. The van der Waals surface area contributed by atoms with E-state index >= 15 is 8.78 Å². The number of fused-ring (bicyclic) bond motifs is 4. The number of phenolic OH excluding ortho intramolecular Hbond substituents is 1. The summed E-state index contributed by atoms with van der Waals surface area (Å²) in [5.41, 5.74) is -1.39. The van der Waals surface area contributed by atoms with Crippen LogP contribution in [0.1, 0.15) is 24.3 Å². The molecule has 15 heteroatoms. The molecule has 0 radical (unpaired) electrons. The summed E-state index contributed by atoms with van der Waals surface area (Å²) in [6, 6.07) is 12.1. The molecule has 7 rings (SSSR count). The number of anilines is 2. The molecule has 3 fully saturated rings. The lowest BCUT2D eigenvalue weighted by Crippen LogP contribution is -2.60. The number of phenols is 1. The third kappa shape index (κ3) is 4.08. The van der Waals surface area contributed by atoms with Gasteiger partial charge in [0.05, 0.1) is 17.5 Å². The Balaban J connectivity index is 1.43. The Labute approximate surface area is 286 Å². The highest BCUT2D eigenvalue weighted by Crippen LogP contribution is 2.66. The van der Waals surface area contributed by atoms with Crippen molar-refractivity contribution in [1.29, 1.82) is 0 Å². The van der Waals surface area contributed by atoms with Crippen LogP contribution in [0, 0.1) is 50.4 Å². The van der Waals surface area contributed by atoms with Crippen LogP contribution < -0.4 is 9.80 Å². The Morgan fingerprint density at radius 1 is 0.766 bits per heavy atom. The van der Waals surface area contributed by atoms with Gasteiger partial charge in [0.25, 0.3) is 11.8 Å². The van der Waals surface area contributed by atoms with Crippen molar-refractivity contribution in [2.75, 3.05) is 9.80 Å². The van der Waals surface area contributed by atoms with Gasteiger partial charge >= 0.3 is 0 Å². The first kappa shape index (κ1) is 32.0. The number of amides is 4. The fourth-order valence-electron chi connectivity index (χ4n) is 7.49. The average molecular weight is 803 g/mol. The van der Waals surface area contributed by atoms with Gasteiger partial charge in [-0.3, -0.25) is 24.1 Å². The largest absolute Gasteiger partial charge is 0.508 e. The van der Waals surface area contributed by atoms with Gasteiger partial charge in [0.1, 0.15) is 11.4 Å². The highest BCUT2D eigenvalue weighted by atomic mass is 127. The molecule has 3 aromatic rings. The summed E-state index contributed by atoms with van der Waals surface area (Å²) in [6.07, 6.45) is 0.911. The maximum absolute atomic E-state index is 15.1. The van der Waals surface area contributed by atoms with E-state index in [1.54, 1.807) is 30.3 Å². The molecule has 0 spiro atoms. The molecule has 0 aromatic heterocycles. The Kier molecular flexibility index (Phi) is 7.30. The van der Waals surface area contributed by atoms with Crippen LogP contribution >= 0.6 is 45.8 Å². The first-order chi connectivity index (χ1) is 22.2. The van der Waals surface area contributed by atoms with Gasteiger partial charge in [0.15, 0.2) is 33.0 Å². The standard InChI is InChI=1S/C32H18Cl2F5IN2O5/c33-31-11-17-14(9-10-16-19(17)28(45)41(27(16)44)13-7-5-12(40)6-8-13)20(15-3-1-2-4-18(15)43)32(31,34)30(47)42(29(31)46)26-24(38)22(36)21(35)23(37)25(26)39/h1-9,16-17,19-20,43H,10-11H2.